The van der Waals surface area contributed by atoms with E-state index < -0.39 is 0 Å². The minimum atomic E-state index is -0.350. The number of aliphatic hydroxyl groups excluding tert-OH is 1. The average molecular weight is 344 g/mol. The maximum absolute atomic E-state index is 9.05. The molecule has 1 saturated carbocycles. The molecule has 0 spiro atoms. The molecular weight excluding hydrogens is 319 g/mol. The van der Waals surface area contributed by atoms with E-state index in [0.717, 1.165) is 29.2 Å². The topological polar surface area (TPSA) is 67.3 Å². The first-order valence-electron chi connectivity index (χ1n) is 7.48. The molecule has 1 aliphatic rings. The molecule has 5 nitrogen and oxygen atoms in total. The van der Waals surface area contributed by atoms with Crippen LogP contribution in [0, 0.1) is 0 Å². The summed E-state index contributed by atoms with van der Waals surface area (Å²) in [7, 11) is 0. The molecule has 3 rings (SSSR count). The van der Waals surface area contributed by atoms with Crippen LogP contribution in [-0.2, 0) is 5.54 Å². The summed E-state index contributed by atoms with van der Waals surface area (Å²) in [5, 5.41) is 14.7. The predicted octanol–water partition coefficient (Wildman–Crippen LogP) is -1.81. The SMILES string of the molecule is CC(C)(NCCO)c1cnc(OC2CC2)c2cnc(Cl)cc12.[BH4-].[Li+]. The van der Waals surface area contributed by atoms with Gasteiger partial charge in [0.1, 0.15) is 11.3 Å². The van der Waals surface area contributed by atoms with Gasteiger partial charge in [0.05, 0.1) is 12.0 Å². The standard InChI is InChI=1S/C16H20ClN3O2.BH4.Li/c1-16(2,20-5-6-21)13-9-19-15(22-10-3-4-10)12-8-18-14(17)7-11(12)13;;/h7-10,20-21H,3-6H2,1-2H3;1H4;/q;-1;+1. The number of hydrogen-bond acceptors (Lipinski definition) is 5. The summed E-state index contributed by atoms with van der Waals surface area (Å²) in [6.07, 6.45) is 5.97. The van der Waals surface area contributed by atoms with Crippen LogP contribution in [0.3, 0.4) is 0 Å². The Morgan fingerprint density at radius 1 is 1.29 bits per heavy atom. The van der Waals surface area contributed by atoms with Gasteiger partial charge in [-0.2, -0.15) is 0 Å². The van der Waals surface area contributed by atoms with Crippen molar-refractivity contribution in [3.05, 3.63) is 29.2 Å². The summed E-state index contributed by atoms with van der Waals surface area (Å²) in [5.41, 5.74) is 0.653. The Bertz CT molecular complexity index is 698. The van der Waals surface area contributed by atoms with E-state index in [4.69, 9.17) is 21.4 Å². The van der Waals surface area contributed by atoms with Crippen LogP contribution >= 0.6 is 11.6 Å². The molecule has 126 valence electrons. The van der Waals surface area contributed by atoms with Crippen molar-refractivity contribution in [2.75, 3.05) is 13.2 Å². The molecule has 1 aliphatic carbocycles. The zero-order valence-electron chi connectivity index (χ0n) is 13.8. The van der Waals surface area contributed by atoms with E-state index in [1.54, 1.807) is 6.20 Å². The quantitative estimate of drug-likeness (QED) is 0.478. The average Bonchev–Trinajstić information content (AvgIpc) is 3.29. The van der Waals surface area contributed by atoms with Gasteiger partial charge in [-0.3, -0.25) is 0 Å². The van der Waals surface area contributed by atoms with Crippen molar-refractivity contribution in [2.45, 2.75) is 38.3 Å². The Labute approximate surface area is 161 Å². The van der Waals surface area contributed by atoms with E-state index >= 15 is 0 Å². The molecule has 0 aliphatic heterocycles. The molecule has 2 heterocycles. The van der Waals surface area contributed by atoms with Crippen LogP contribution in [0.2, 0.25) is 5.15 Å². The van der Waals surface area contributed by atoms with Crippen molar-refractivity contribution >= 4 is 30.8 Å². The largest absolute Gasteiger partial charge is 1.00 e. The van der Waals surface area contributed by atoms with Crippen LogP contribution in [0.25, 0.3) is 10.8 Å². The Balaban J connectivity index is 0.00000144. The van der Waals surface area contributed by atoms with E-state index in [9.17, 15) is 0 Å². The zero-order chi connectivity index (χ0) is 15.7. The molecule has 0 radical (unpaired) electrons. The third kappa shape index (κ3) is 4.65. The number of ether oxygens (including phenoxy) is 1. The first kappa shape index (κ1) is 21.3. The molecule has 1 fully saturated rings. The third-order valence-corrected chi connectivity index (χ3v) is 4.06. The number of hydrogen-bond donors (Lipinski definition) is 2. The van der Waals surface area contributed by atoms with Crippen LogP contribution in [0.5, 0.6) is 5.88 Å². The molecule has 2 aromatic heterocycles. The maximum atomic E-state index is 9.05. The number of aliphatic hydroxyl groups is 1. The van der Waals surface area contributed by atoms with Crippen LogP contribution in [0.15, 0.2) is 18.5 Å². The van der Waals surface area contributed by atoms with Gasteiger partial charge in [-0.1, -0.05) is 20.0 Å². The second-order valence-corrected chi connectivity index (χ2v) is 6.51. The van der Waals surface area contributed by atoms with Gasteiger partial charge in [0, 0.05) is 24.5 Å². The molecule has 2 N–H and O–H groups in total. The minimum absolute atomic E-state index is 0. The number of halogens is 1. The van der Waals surface area contributed by atoms with Gasteiger partial charge in [0.2, 0.25) is 5.88 Å². The Morgan fingerprint density at radius 3 is 2.62 bits per heavy atom. The minimum Gasteiger partial charge on any atom is -0.474 e. The van der Waals surface area contributed by atoms with Crippen molar-refractivity contribution in [1.82, 2.24) is 15.3 Å². The van der Waals surface area contributed by atoms with Crippen molar-refractivity contribution < 1.29 is 28.7 Å². The van der Waals surface area contributed by atoms with E-state index in [2.05, 4.69) is 29.1 Å². The van der Waals surface area contributed by atoms with Crippen molar-refractivity contribution in [3.63, 3.8) is 0 Å². The van der Waals surface area contributed by atoms with Gasteiger partial charge in [-0.05, 0) is 43.7 Å². The molecule has 0 unspecified atom stereocenters. The van der Waals surface area contributed by atoms with Gasteiger partial charge in [0.25, 0.3) is 0 Å². The Kier molecular flexibility index (Phi) is 7.58. The summed E-state index contributed by atoms with van der Waals surface area (Å²) < 4.78 is 5.87. The van der Waals surface area contributed by atoms with Gasteiger partial charge in [0.15, 0.2) is 0 Å². The number of rotatable bonds is 6. The number of pyridine rings is 2. The van der Waals surface area contributed by atoms with Crippen molar-refractivity contribution in [2.24, 2.45) is 0 Å². The first-order chi connectivity index (χ1) is 10.5. The first-order valence-corrected chi connectivity index (χ1v) is 7.86. The van der Waals surface area contributed by atoms with E-state index in [1.807, 2.05) is 12.3 Å². The predicted molar refractivity (Wildman–Crippen MR) is 97.6 cm³/mol. The fraction of sp³-hybridized carbons (Fsp3) is 0.500. The van der Waals surface area contributed by atoms with Crippen LogP contribution in [-0.4, -0.2) is 42.7 Å². The summed E-state index contributed by atoms with van der Waals surface area (Å²) >= 11 is 6.08. The van der Waals surface area contributed by atoms with E-state index in [-0.39, 0.29) is 45.5 Å². The second kappa shape index (κ2) is 8.55. The van der Waals surface area contributed by atoms with Crippen molar-refractivity contribution in [3.8, 4) is 5.88 Å². The maximum Gasteiger partial charge on any atom is 1.00 e. The normalized spacial score (nSPS) is 14.0. The van der Waals surface area contributed by atoms with Crippen LogP contribution in [0.1, 0.15) is 32.3 Å². The number of nitrogens with one attached hydrogen (secondary N) is 1. The summed E-state index contributed by atoms with van der Waals surface area (Å²) in [6, 6.07) is 1.84. The fourth-order valence-corrected chi connectivity index (χ4v) is 2.64. The van der Waals surface area contributed by atoms with Crippen LogP contribution in [0.4, 0.5) is 0 Å². The monoisotopic (exact) mass is 343 g/mol. The van der Waals surface area contributed by atoms with Gasteiger partial charge < -0.3 is 15.2 Å². The van der Waals surface area contributed by atoms with Gasteiger partial charge in [-0.25, -0.2) is 9.97 Å². The smallest absolute Gasteiger partial charge is 0.474 e. The fourth-order valence-electron chi connectivity index (χ4n) is 2.48. The number of aromatic nitrogens is 2. The molecule has 2 aromatic rings. The van der Waals surface area contributed by atoms with E-state index in [0.29, 0.717) is 17.6 Å². The molecule has 24 heavy (non-hydrogen) atoms. The van der Waals surface area contributed by atoms with Gasteiger partial charge >= 0.3 is 18.9 Å². The molecular formula is C16H24BClLiN3O2. The van der Waals surface area contributed by atoms with Crippen LogP contribution < -0.4 is 28.9 Å². The molecule has 0 saturated heterocycles. The molecule has 0 atom stereocenters. The van der Waals surface area contributed by atoms with Crippen molar-refractivity contribution in [1.29, 1.82) is 0 Å². The van der Waals surface area contributed by atoms with Gasteiger partial charge in [-0.15, -0.1) is 0 Å². The Hall–Kier alpha value is -0.768. The second-order valence-electron chi connectivity index (χ2n) is 6.12. The molecule has 0 amide bonds. The molecule has 0 bridgehead atoms. The Morgan fingerprint density at radius 2 is 2.00 bits per heavy atom. The molecule has 0 aromatic carbocycles. The number of fused-ring (bicyclic) bond motifs is 1. The summed E-state index contributed by atoms with van der Waals surface area (Å²) in [5.74, 6) is 0.614. The summed E-state index contributed by atoms with van der Waals surface area (Å²) in [4.78, 5) is 8.65. The third-order valence-electron chi connectivity index (χ3n) is 3.86. The zero-order valence-corrected chi connectivity index (χ0v) is 14.5. The van der Waals surface area contributed by atoms with E-state index in [1.165, 1.54) is 0 Å². The number of nitrogens with zero attached hydrogens (tertiary/aromatic N) is 2. The molecule has 8 heteroatoms. The summed E-state index contributed by atoms with van der Waals surface area (Å²) in [6.45, 7) is 4.69.